The standard InChI is InChI=1S/C19H19N.2C2H6/c1-12-7-5-6-8-16(12)18-11-15(4)17-9-13(2)14(3)10-19(17)20-18;2*1-2/h5-10H,4,11H2,1-3H3;2*1-2H3. The van der Waals surface area contributed by atoms with Crippen LogP contribution in [-0.2, 0) is 0 Å². The molecule has 128 valence electrons. The monoisotopic (exact) mass is 321 g/mol. The smallest absolute Gasteiger partial charge is 0.0711 e. The topological polar surface area (TPSA) is 12.4 Å². The fraction of sp³-hybridized carbons (Fsp3) is 0.348. The minimum absolute atomic E-state index is 0.834. The Bertz CT molecular complexity index is 736. The molecular weight excluding hydrogens is 290 g/mol. The third-order valence-electron chi connectivity index (χ3n) is 4.09. The van der Waals surface area contributed by atoms with Crippen molar-refractivity contribution in [2.24, 2.45) is 4.99 Å². The number of fused-ring (bicyclic) bond motifs is 1. The van der Waals surface area contributed by atoms with E-state index in [1.807, 2.05) is 27.7 Å². The average Bonchev–Trinajstić information content (AvgIpc) is 2.60. The van der Waals surface area contributed by atoms with Crippen LogP contribution in [0.2, 0.25) is 0 Å². The predicted octanol–water partition coefficient (Wildman–Crippen LogP) is 7.20. The lowest BCUT2D eigenvalue weighted by Crippen LogP contribution is -2.08. The van der Waals surface area contributed by atoms with E-state index in [9.17, 15) is 0 Å². The van der Waals surface area contributed by atoms with E-state index in [4.69, 9.17) is 4.99 Å². The lowest BCUT2D eigenvalue weighted by atomic mass is 9.90. The van der Waals surface area contributed by atoms with E-state index in [1.54, 1.807) is 0 Å². The molecular formula is C23H31N. The summed E-state index contributed by atoms with van der Waals surface area (Å²) in [5, 5.41) is 0. The molecule has 0 aliphatic carbocycles. The van der Waals surface area contributed by atoms with E-state index in [0.29, 0.717) is 0 Å². The number of aliphatic imine (C=N–C) groups is 1. The van der Waals surface area contributed by atoms with Crippen LogP contribution in [0.3, 0.4) is 0 Å². The zero-order valence-corrected chi connectivity index (χ0v) is 16.3. The molecule has 1 heterocycles. The van der Waals surface area contributed by atoms with Gasteiger partial charge in [0.2, 0.25) is 0 Å². The average molecular weight is 322 g/mol. The molecule has 1 aliphatic heterocycles. The van der Waals surface area contributed by atoms with Gasteiger partial charge in [0.25, 0.3) is 0 Å². The van der Waals surface area contributed by atoms with Crippen LogP contribution in [0.25, 0.3) is 5.57 Å². The number of hydrogen-bond donors (Lipinski definition) is 0. The quantitative estimate of drug-likeness (QED) is 0.526. The van der Waals surface area contributed by atoms with Crippen LogP contribution in [0.4, 0.5) is 5.69 Å². The maximum absolute atomic E-state index is 4.88. The molecule has 0 bridgehead atoms. The van der Waals surface area contributed by atoms with Gasteiger partial charge in [0.15, 0.2) is 0 Å². The summed E-state index contributed by atoms with van der Waals surface area (Å²) >= 11 is 0. The van der Waals surface area contributed by atoms with Crippen molar-refractivity contribution >= 4 is 17.0 Å². The van der Waals surface area contributed by atoms with Crippen LogP contribution in [0.5, 0.6) is 0 Å². The molecule has 0 unspecified atom stereocenters. The number of aryl methyl sites for hydroxylation is 3. The molecule has 0 aromatic heterocycles. The summed E-state index contributed by atoms with van der Waals surface area (Å²) in [6.07, 6.45) is 0.834. The summed E-state index contributed by atoms with van der Waals surface area (Å²) in [5.41, 5.74) is 9.64. The highest BCUT2D eigenvalue weighted by atomic mass is 14.8. The molecule has 1 heteroatoms. The highest BCUT2D eigenvalue weighted by molar-refractivity contribution is 6.11. The molecule has 2 aromatic rings. The SMILES string of the molecule is C=C1CC(c2ccccc2C)=Nc2cc(C)c(C)cc21.CC.CC. The molecule has 0 saturated heterocycles. The first-order valence-electron chi connectivity index (χ1n) is 8.99. The van der Waals surface area contributed by atoms with Gasteiger partial charge < -0.3 is 0 Å². The third kappa shape index (κ3) is 4.23. The van der Waals surface area contributed by atoms with Crippen molar-refractivity contribution in [3.8, 4) is 0 Å². The van der Waals surface area contributed by atoms with Crippen LogP contribution in [0.1, 0.15) is 61.9 Å². The van der Waals surface area contributed by atoms with Crippen molar-refractivity contribution in [1.82, 2.24) is 0 Å². The highest BCUT2D eigenvalue weighted by Crippen LogP contribution is 2.36. The third-order valence-corrected chi connectivity index (χ3v) is 4.09. The number of nitrogens with zero attached hydrogens (tertiary/aromatic N) is 1. The number of hydrogen-bond acceptors (Lipinski definition) is 1. The van der Waals surface area contributed by atoms with E-state index < -0.39 is 0 Å². The van der Waals surface area contributed by atoms with Gasteiger partial charge in [-0.05, 0) is 60.7 Å². The molecule has 0 radical (unpaired) electrons. The second kappa shape index (κ2) is 9.22. The van der Waals surface area contributed by atoms with Crippen molar-refractivity contribution < 1.29 is 0 Å². The van der Waals surface area contributed by atoms with Crippen LogP contribution < -0.4 is 0 Å². The van der Waals surface area contributed by atoms with Gasteiger partial charge in [-0.2, -0.15) is 0 Å². The largest absolute Gasteiger partial charge is 0.252 e. The Kier molecular flexibility index (Phi) is 7.64. The van der Waals surface area contributed by atoms with Gasteiger partial charge in [-0.25, -0.2) is 0 Å². The molecule has 0 saturated carbocycles. The maximum Gasteiger partial charge on any atom is 0.0711 e. The molecule has 1 nitrogen and oxygen atoms in total. The lowest BCUT2D eigenvalue weighted by molar-refractivity contribution is 1.26. The highest BCUT2D eigenvalue weighted by Gasteiger charge is 2.18. The Balaban J connectivity index is 0.000000671. The van der Waals surface area contributed by atoms with E-state index in [0.717, 1.165) is 23.4 Å². The van der Waals surface area contributed by atoms with Crippen LogP contribution in [0, 0.1) is 20.8 Å². The Labute approximate surface area is 148 Å². The van der Waals surface area contributed by atoms with E-state index >= 15 is 0 Å². The molecule has 0 amide bonds. The molecule has 0 spiro atoms. The summed E-state index contributed by atoms with van der Waals surface area (Å²) in [4.78, 5) is 4.88. The minimum Gasteiger partial charge on any atom is -0.252 e. The summed E-state index contributed by atoms with van der Waals surface area (Å²) < 4.78 is 0. The van der Waals surface area contributed by atoms with Crippen molar-refractivity contribution in [3.05, 3.63) is 70.8 Å². The molecule has 3 rings (SSSR count). The van der Waals surface area contributed by atoms with Crippen molar-refractivity contribution in [2.75, 3.05) is 0 Å². The van der Waals surface area contributed by atoms with Gasteiger partial charge in [0, 0.05) is 12.0 Å². The second-order valence-electron chi connectivity index (χ2n) is 5.61. The van der Waals surface area contributed by atoms with Gasteiger partial charge >= 0.3 is 0 Å². The fourth-order valence-electron chi connectivity index (χ4n) is 2.71. The van der Waals surface area contributed by atoms with Gasteiger partial charge in [-0.3, -0.25) is 4.99 Å². The number of benzene rings is 2. The van der Waals surface area contributed by atoms with Gasteiger partial charge in [-0.1, -0.05) is 58.5 Å². The Morgan fingerprint density at radius 3 is 2.00 bits per heavy atom. The van der Waals surface area contributed by atoms with Gasteiger partial charge in [-0.15, -0.1) is 0 Å². The first kappa shape index (κ1) is 19.9. The van der Waals surface area contributed by atoms with Crippen molar-refractivity contribution in [1.29, 1.82) is 0 Å². The lowest BCUT2D eigenvalue weighted by Gasteiger charge is -2.20. The van der Waals surface area contributed by atoms with E-state index in [-0.39, 0.29) is 0 Å². The molecule has 24 heavy (non-hydrogen) atoms. The maximum atomic E-state index is 4.88. The zero-order chi connectivity index (χ0) is 18.3. The first-order valence-corrected chi connectivity index (χ1v) is 8.99. The van der Waals surface area contributed by atoms with E-state index in [2.05, 4.69) is 63.7 Å². The van der Waals surface area contributed by atoms with Crippen LogP contribution in [0.15, 0.2) is 48.0 Å². The van der Waals surface area contributed by atoms with Crippen molar-refractivity contribution in [3.63, 3.8) is 0 Å². The Morgan fingerprint density at radius 1 is 0.792 bits per heavy atom. The summed E-state index contributed by atoms with van der Waals surface area (Å²) in [6, 6.07) is 12.8. The van der Waals surface area contributed by atoms with Gasteiger partial charge in [0.05, 0.1) is 11.4 Å². The Morgan fingerprint density at radius 2 is 1.38 bits per heavy atom. The normalized spacial score (nSPS) is 12.1. The summed E-state index contributed by atoms with van der Waals surface area (Å²) in [7, 11) is 0. The molecule has 1 aliphatic rings. The predicted molar refractivity (Wildman–Crippen MR) is 110 cm³/mol. The fourth-order valence-corrected chi connectivity index (χ4v) is 2.71. The van der Waals surface area contributed by atoms with Gasteiger partial charge in [0.1, 0.15) is 0 Å². The zero-order valence-electron chi connectivity index (χ0n) is 16.3. The number of allylic oxidation sites excluding steroid dienone is 1. The molecule has 2 aromatic carbocycles. The first-order chi connectivity index (χ1) is 11.6. The molecule has 0 atom stereocenters. The second-order valence-corrected chi connectivity index (χ2v) is 5.61. The molecule has 0 N–H and O–H groups in total. The van der Waals surface area contributed by atoms with Crippen molar-refractivity contribution in [2.45, 2.75) is 54.9 Å². The minimum atomic E-state index is 0.834. The summed E-state index contributed by atoms with van der Waals surface area (Å²) in [6.45, 7) is 18.7. The van der Waals surface area contributed by atoms with E-state index in [1.165, 1.54) is 27.8 Å². The van der Waals surface area contributed by atoms with Crippen LogP contribution >= 0.6 is 0 Å². The Hall–Kier alpha value is -2.15. The molecule has 0 fully saturated rings. The summed E-state index contributed by atoms with van der Waals surface area (Å²) in [5.74, 6) is 0. The van der Waals surface area contributed by atoms with Crippen LogP contribution in [-0.4, -0.2) is 5.71 Å². The number of rotatable bonds is 1.